The lowest BCUT2D eigenvalue weighted by atomic mass is 9.99. The zero-order chi connectivity index (χ0) is 24.2. The van der Waals surface area contributed by atoms with E-state index in [0.717, 1.165) is 54.1 Å². The molecule has 4 rings (SSSR count). The summed E-state index contributed by atoms with van der Waals surface area (Å²) in [4.78, 5) is 47.3. The number of nitrogens with one attached hydrogen (secondary N) is 2. The monoisotopic (exact) mass is 466 g/mol. The molecule has 0 aromatic carbocycles. The van der Waals surface area contributed by atoms with E-state index in [2.05, 4.69) is 20.6 Å². The second-order valence-corrected chi connectivity index (χ2v) is 9.05. The first-order chi connectivity index (χ1) is 16.4. The third-order valence-electron chi connectivity index (χ3n) is 6.49. The number of amides is 2. The SMILES string of the molecule is CNc1nc([C@H]2CCCCN2C(=O)CCNc2nc(C)cc(C)n2)nc2c1CCN(C(C)=O)C2. The average Bonchev–Trinajstić information content (AvgIpc) is 2.82. The molecule has 10 heteroatoms. The lowest BCUT2D eigenvalue weighted by Gasteiger charge is -2.36. The smallest absolute Gasteiger partial charge is 0.224 e. The van der Waals surface area contributed by atoms with Crippen molar-refractivity contribution in [2.24, 2.45) is 0 Å². The second-order valence-electron chi connectivity index (χ2n) is 9.05. The normalized spacial score (nSPS) is 17.8. The van der Waals surface area contributed by atoms with E-state index < -0.39 is 0 Å². The number of carbonyl (C=O) groups excluding carboxylic acids is 2. The molecule has 2 aliphatic rings. The summed E-state index contributed by atoms with van der Waals surface area (Å²) in [5.74, 6) is 2.13. The number of anilines is 2. The van der Waals surface area contributed by atoms with Crippen LogP contribution in [0.15, 0.2) is 6.07 Å². The first-order valence-corrected chi connectivity index (χ1v) is 12.0. The molecule has 1 saturated heterocycles. The third-order valence-corrected chi connectivity index (χ3v) is 6.49. The van der Waals surface area contributed by atoms with Gasteiger partial charge in [-0.2, -0.15) is 0 Å². The maximum Gasteiger partial charge on any atom is 0.224 e. The average molecular weight is 467 g/mol. The number of aryl methyl sites for hydroxylation is 2. The second kappa shape index (κ2) is 10.3. The van der Waals surface area contributed by atoms with Gasteiger partial charge in [0.15, 0.2) is 5.82 Å². The molecule has 0 unspecified atom stereocenters. The van der Waals surface area contributed by atoms with Gasteiger partial charge in [0.1, 0.15) is 5.82 Å². The minimum atomic E-state index is -0.163. The Balaban J connectivity index is 1.49. The Morgan fingerprint density at radius 3 is 2.56 bits per heavy atom. The number of piperidine rings is 1. The molecule has 0 bridgehead atoms. The molecule has 2 amide bonds. The molecule has 1 atom stereocenters. The molecule has 2 aliphatic heterocycles. The van der Waals surface area contributed by atoms with Crippen molar-refractivity contribution >= 4 is 23.6 Å². The lowest BCUT2D eigenvalue weighted by Crippen LogP contribution is -2.41. The van der Waals surface area contributed by atoms with Crippen LogP contribution in [0, 0.1) is 13.8 Å². The van der Waals surface area contributed by atoms with Crippen molar-refractivity contribution in [2.45, 2.75) is 65.5 Å². The molecule has 4 heterocycles. The van der Waals surface area contributed by atoms with Crippen molar-refractivity contribution in [1.82, 2.24) is 29.7 Å². The number of fused-ring (bicyclic) bond motifs is 1. The predicted molar refractivity (Wildman–Crippen MR) is 129 cm³/mol. The van der Waals surface area contributed by atoms with Gasteiger partial charge in [-0.15, -0.1) is 0 Å². The van der Waals surface area contributed by atoms with E-state index in [9.17, 15) is 9.59 Å². The van der Waals surface area contributed by atoms with Gasteiger partial charge in [0.2, 0.25) is 17.8 Å². The zero-order valence-electron chi connectivity index (χ0n) is 20.5. The standard InChI is InChI=1S/C24H34N8O2/c1-15-13-16(2)28-24(27-15)26-10-8-21(34)32-11-6-5-7-20(32)23-29-19-14-31(17(3)33)12-9-18(19)22(25-4)30-23/h13,20H,5-12,14H2,1-4H3,(H,25,29,30)(H,26,27,28)/t20-/m1/s1. The summed E-state index contributed by atoms with van der Waals surface area (Å²) in [6.45, 7) is 7.75. The topological polar surface area (TPSA) is 116 Å². The Bertz CT molecular complexity index is 1050. The molecule has 34 heavy (non-hydrogen) atoms. The zero-order valence-corrected chi connectivity index (χ0v) is 20.5. The van der Waals surface area contributed by atoms with Crippen molar-refractivity contribution in [1.29, 1.82) is 0 Å². The van der Waals surface area contributed by atoms with Crippen LogP contribution in [0.3, 0.4) is 0 Å². The predicted octanol–water partition coefficient (Wildman–Crippen LogP) is 2.39. The molecular formula is C24H34N8O2. The van der Waals surface area contributed by atoms with Crippen LogP contribution in [0.4, 0.5) is 11.8 Å². The summed E-state index contributed by atoms with van der Waals surface area (Å²) in [6.07, 6.45) is 3.90. The van der Waals surface area contributed by atoms with E-state index in [-0.39, 0.29) is 17.9 Å². The first-order valence-electron chi connectivity index (χ1n) is 12.0. The lowest BCUT2D eigenvalue weighted by molar-refractivity contribution is -0.135. The quantitative estimate of drug-likeness (QED) is 0.667. The Labute approximate surface area is 200 Å². The van der Waals surface area contributed by atoms with Crippen molar-refractivity contribution in [3.63, 3.8) is 0 Å². The van der Waals surface area contributed by atoms with E-state index in [4.69, 9.17) is 9.97 Å². The number of hydrogen-bond acceptors (Lipinski definition) is 8. The highest BCUT2D eigenvalue weighted by Gasteiger charge is 2.32. The van der Waals surface area contributed by atoms with E-state index in [1.165, 1.54) is 0 Å². The Morgan fingerprint density at radius 1 is 1.09 bits per heavy atom. The number of rotatable bonds is 6. The number of carbonyl (C=O) groups is 2. The van der Waals surface area contributed by atoms with Gasteiger partial charge in [0.25, 0.3) is 0 Å². The summed E-state index contributed by atoms with van der Waals surface area (Å²) in [5, 5.41) is 6.38. The van der Waals surface area contributed by atoms with Crippen LogP contribution in [0.5, 0.6) is 0 Å². The fourth-order valence-electron chi connectivity index (χ4n) is 4.80. The molecule has 182 valence electrons. The Kier molecular flexibility index (Phi) is 7.23. The van der Waals surface area contributed by atoms with E-state index >= 15 is 0 Å². The minimum absolute atomic E-state index is 0.0478. The highest BCUT2D eigenvalue weighted by molar-refractivity contribution is 5.77. The van der Waals surface area contributed by atoms with Crippen LogP contribution >= 0.6 is 0 Å². The van der Waals surface area contributed by atoms with Crippen LogP contribution in [0.2, 0.25) is 0 Å². The summed E-state index contributed by atoms with van der Waals surface area (Å²) in [7, 11) is 1.86. The molecule has 2 aromatic heterocycles. The summed E-state index contributed by atoms with van der Waals surface area (Å²) < 4.78 is 0. The molecule has 10 nitrogen and oxygen atoms in total. The van der Waals surface area contributed by atoms with Gasteiger partial charge in [-0.1, -0.05) is 0 Å². The number of nitrogens with zero attached hydrogens (tertiary/aromatic N) is 6. The van der Waals surface area contributed by atoms with Gasteiger partial charge in [-0.25, -0.2) is 19.9 Å². The summed E-state index contributed by atoms with van der Waals surface area (Å²) in [6, 6.07) is 1.76. The molecule has 2 aromatic rings. The van der Waals surface area contributed by atoms with Gasteiger partial charge in [0, 0.05) is 57.0 Å². The van der Waals surface area contributed by atoms with Crippen LogP contribution in [-0.4, -0.2) is 68.2 Å². The maximum absolute atomic E-state index is 13.2. The van der Waals surface area contributed by atoms with Crippen molar-refractivity contribution in [3.8, 4) is 0 Å². The highest BCUT2D eigenvalue weighted by atomic mass is 16.2. The van der Waals surface area contributed by atoms with Crippen LogP contribution in [0.25, 0.3) is 0 Å². The van der Waals surface area contributed by atoms with Crippen molar-refractivity contribution < 1.29 is 9.59 Å². The maximum atomic E-state index is 13.2. The summed E-state index contributed by atoms with van der Waals surface area (Å²) >= 11 is 0. The number of likely N-dealkylation sites (tertiary alicyclic amines) is 1. The van der Waals surface area contributed by atoms with Crippen molar-refractivity contribution in [3.05, 3.63) is 34.5 Å². The van der Waals surface area contributed by atoms with Gasteiger partial charge in [-0.3, -0.25) is 9.59 Å². The molecule has 1 fully saturated rings. The fraction of sp³-hybridized carbons (Fsp3) is 0.583. The van der Waals surface area contributed by atoms with E-state index in [0.29, 0.717) is 44.4 Å². The number of aromatic nitrogens is 4. The fourth-order valence-corrected chi connectivity index (χ4v) is 4.80. The molecular weight excluding hydrogens is 432 g/mol. The minimum Gasteiger partial charge on any atom is -0.373 e. The van der Waals surface area contributed by atoms with Crippen LogP contribution in [0.1, 0.15) is 67.1 Å². The Morgan fingerprint density at radius 2 is 1.85 bits per heavy atom. The van der Waals surface area contributed by atoms with E-state index in [1.54, 1.807) is 6.92 Å². The van der Waals surface area contributed by atoms with Crippen LogP contribution < -0.4 is 10.6 Å². The first kappa shape index (κ1) is 23.8. The number of hydrogen-bond donors (Lipinski definition) is 2. The largest absolute Gasteiger partial charge is 0.373 e. The van der Waals surface area contributed by atoms with Crippen molar-refractivity contribution in [2.75, 3.05) is 37.3 Å². The molecule has 0 aliphatic carbocycles. The molecule has 0 saturated carbocycles. The highest BCUT2D eigenvalue weighted by Crippen LogP contribution is 2.32. The third kappa shape index (κ3) is 5.26. The van der Waals surface area contributed by atoms with Crippen LogP contribution in [-0.2, 0) is 22.6 Å². The molecule has 0 radical (unpaired) electrons. The van der Waals surface area contributed by atoms with Gasteiger partial charge in [0.05, 0.1) is 18.3 Å². The van der Waals surface area contributed by atoms with Gasteiger partial charge >= 0.3 is 0 Å². The van der Waals surface area contributed by atoms with Gasteiger partial charge in [-0.05, 0) is 45.6 Å². The Hall–Kier alpha value is -3.30. The van der Waals surface area contributed by atoms with Gasteiger partial charge < -0.3 is 20.4 Å². The molecule has 0 spiro atoms. The van der Waals surface area contributed by atoms with E-state index in [1.807, 2.05) is 36.8 Å². The summed E-state index contributed by atoms with van der Waals surface area (Å²) in [5.41, 5.74) is 3.73. The molecule has 2 N–H and O–H groups in total.